The van der Waals surface area contributed by atoms with E-state index in [0.717, 1.165) is 31.2 Å². The fraction of sp³-hybridized carbons (Fsp3) is 0.538. The maximum Gasteiger partial charge on any atom is 0.250 e. The smallest absolute Gasteiger partial charge is 0.250 e. The van der Waals surface area contributed by atoms with E-state index in [2.05, 4.69) is 5.09 Å². The molecule has 2 aliphatic rings. The number of hydrogen-bond donors (Lipinski definition) is 2. The molecule has 3 atom stereocenters. The van der Waals surface area contributed by atoms with Crippen LogP contribution in [0.1, 0.15) is 31.2 Å². The van der Waals surface area contributed by atoms with Crippen LogP contribution < -0.4 is 5.09 Å². The van der Waals surface area contributed by atoms with E-state index in [9.17, 15) is 13.3 Å². The number of fused-ring (bicyclic) bond motifs is 1. The van der Waals surface area contributed by atoms with Crippen molar-refractivity contribution in [2.75, 3.05) is 0 Å². The molecular weight excluding hydrogens is 327 g/mol. The van der Waals surface area contributed by atoms with Crippen molar-refractivity contribution in [3.05, 3.63) is 29.8 Å². The average Bonchev–Trinajstić information content (AvgIpc) is 2.69. The highest BCUT2D eigenvalue weighted by Crippen LogP contribution is 2.55. The van der Waals surface area contributed by atoms with Gasteiger partial charge in [0, 0.05) is 12.1 Å². The van der Waals surface area contributed by atoms with Crippen molar-refractivity contribution in [1.82, 2.24) is 9.16 Å². The summed E-state index contributed by atoms with van der Waals surface area (Å²) < 4.78 is 27.0. The van der Waals surface area contributed by atoms with Gasteiger partial charge in [-0.1, -0.05) is 30.5 Å². The van der Waals surface area contributed by atoms with E-state index in [0.29, 0.717) is 0 Å². The fourth-order valence-corrected chi connectivity index (χ4v) is 9.12. The van der Waals surface area contributed by atoms with Gasteiger partial charge in [0.1, 0.15) is 0 Å². The zero-order chi connectivity index (χ0) is 15.3. The van der Waals surface area contributed by atoms with Crippen LogP contribution in [0.4, 0.5) is 0 Å². The van der Waals surface area contributed by atoms with Crippen LogP contribution in [0.25, 0.3) is 0 Å². The molecule has 1 aliphatic carbocycles. The molecule has 3 rings (SSSR count). The van der Waals surface area contributed by atoms with Crippen LogP contribution in [0.15, 0.2) is 29.2 Å². The number of aryl methyl sites for hydroxylation is 1. The second-order valence-corrected chi connectivity index (χ2v) is 11.1. The normalized spacial score (nSPS) is 33.8. The van der Waals surface area contributed by atoms with Gasteiger partial charge in [-0.3, -0.25) is 5.09 Å². The summed E-state index contributed by atoms with van der Waals surface area (Å²) in [7, 11) is -3.77. The predicted molar refractivity (Wildman–Crippen MR) is 85.9 cm³/mol. The summed E-state index contributed by atoms with van der Waals surface area (Å²) in [6, 6.07) is 6.44. The Morgan fingerprint density at radius 3 is 2.57 bits per heavy atom. The van der Waals surface area contributed by atoms with Gasteiger partial charge in [0.15, 0.2) is 0 Å². The summed E-state index contributed by atoms with van der Waals surface area (Å²) in [5.41, 5.74) is 0.993. The molecule has 0 radical (unpaired) electrons. The number of rotatable bonds is 2. The van der Waals surface area contributed by atoms with Gasteiger partial charge in [-0.25, -0.2) is 8.42 Å². The van der Waals surface area contributed by atoms with Crippen LogP contribution >= 0.6 is 6.57 Å². The van der Waals surface area contributed by atoms with Crippen LogP contribution in [-0.4, -0.2) is 29.5 Å². The first kappa shape index (κ1) is 15.6. The largest absolute Gasteiger partial charge is 0.342 e. The molecule has 1 aromatic carbocycles. The summed E-state index contributed by atoms with van der Waals surface area (Å²) in [5.74, 6) is 0. The van der Waals surface area contributed by atoms with E-state index < -0.39 is 16.6 Å². The zero-order valence-corrected chi connectivity index (χ0v) is 14.3. The highest BCUT2D eigenvalue weighted by molar-refractivity contribution is 8.14. The van der Waals surface area contributed by atoms with Crippen LogP contribution in [0.3, 0.4) is 0 Å². The van der Waals surface area contributed by atoms with Crippen molar-refractivity contribution in [2.24, 2.45) is 0 Å². The number of hydrogen-bond acceptors (Lipinski definition) is 3. The third-order valence-electron chi connectivity index (χ3n) is 4.18. The van der Waals surface area contributed by atoms with Gasteiger partial charge in [-0.2, -0.15) is 0 Å². The van der Waals surface area contributed by atoms with Crippen molar-refractivity contribution >= 4 is 28.4 Å². The van der Waals surface area contributed by atoms with E-state index in [1.807, 2.05) is 6.92 Å². The van der Waals surface area contributed by atoms with Gasteiger partial charge in [0.05, 0.1) is 4.90 Å². The van der Waals surface area contributed by atoms with Crippen LogP contribution in [0.5, 0.6) is 0 Å². The fourth-order valence-electron chi connectivity index (χ4n) is 3.14. The van der Waals surface area contributed by atoms with E-state index in [-0.39, 0.29) is 17.0 Å². The Kier molecular flexibility index (Phi) is 4.01. The molecule has 0 aromatic heterocycles. The molecule has 116 valence electrons. The Labute approximate surface area is 130 Å². The molecule has 2 N–H and O–H groups in total. The number of nitrogens with one attached hydrogen (secondary N) is 1. The van der Waals surface area contributed by atoms with Crippen LogP contribution in [-0.2, 0) is 21.8 Å². The summed E-state index contributed by atoms with van der Waals surface area (Å²) in [6.45, 7) is -1.32. The third-order valence-corrected chi connectivity index (χ3v) is 9.82. The Hall–Kier alpha value is -0.300. The molecule has 3 unspecified atom stereocenters. The maximum absolute atomic E-state index is 12.9. The first-order valence-electron chi connectivity index (χ1n) is 7.04. The van der Waals surface area contributed by atoms with Crippen molar-refractivity contribution < 1.29 is 13.3 Å². The van der Waals surface area contributed by atoms with E-state index in [4.69, 9.17) is 11.8 Å². The molecule has 1 saturated carbocycles. The lowest BCUT2D eigenvalue weighted by molar-refractivity contribution is 0.315. The second kappa shape index (κ2) is 5.41. The molecule has 1 saturated heterocycles. The lowest BCUT2D eigenvalue weighted by atomic mass is 9.92. The quantitative estimate of drug-likeness (QED) is 0.803. The third kappa shape index (κ3) is 2.71. The molecular formula is C13H19N2O3PS2. The average molecular weight is 346 g/mol. The molecule has 2 fully saturated rings. The minimum Gasteiger partial charge on any atom is -0.342 e. The molecule has 8 heteroatoms. The van der Waals surface area contributed by atoms with Crippen LogP contribution in [0, 0.1) is 6.92 Å². The standard InChI is InChI=1S/C13H19N2O3PS2/c1-10-6-8-11(9-7-10)21(17,18)15-13-5-3-2-4-12(13)14-19(15,16)20/h6-9,12-13H,2-5H2,1H3,(H2,14,16,20). The van der Waals surface area contributed by atoms with E-state index in [1.165, 1.54) is 4.08 Å². The molecule has 5 nitrogen and oxygen atoms in total. The first-order valence-corrected chi connectivity index (χ1v) is 11.2. The van der Waals surface area contributed by atoms with Crippen LogP contribution in [0.2, 0.25) is 0 Å². The Balaban J connectivity index is 2.04. The highest BCUT2D eigenvalue weighted by atomic mass is 32.5. The van der Waals surface area contributed by atoms with Gasteiger partial charge in [-0.15, -0.1) is 4.08 Å². The number of sulfonamides is 1. The SMILES string of the molecule is Cc1ccc(S(=O)(=O)N2C3CCCCC3NP2(O)=S)cc1. The lowest BCUT2D eigenvalue weighted by Gasteiger charge is -2.30. The van der Waals surface area contributed by atoms with E-state index in [1.54, 1.807) is 24.3 Å². The monoisotopic (exact) mass is 346 g/mol. The molecule has 1 aromatic rings. The molecule has 1 aliphatic heterocycles. The maximum atomic E-state index is 12.9. The highest BCUT2D eigenvalue weighted by Gasteiger charge is 2.51. The van der Waals surface area contributed by atoms with E-state index >= 15 is 0 Å². The number of nitrogens with zero attached hydrogens (tertiary/aromatic N) is 1. The van der Waals surface area contributed by atoms with Gasteiger partial charge in [-0.05, 0) is 43.7 Å². The van der Waals surface area contributed by atoms with Crippen molar-refractivity contribution in [3.8, 4) is 0 Å². The molecule has 1 heterocycles. The minimum absolute atomic E-state index is 0.0187. The Morgan fingerprint density at radius 1 is 1.29 bits per heavy atom. The Morgan fingerprint density at radius 2 is 1.90 bits per heavy atom. The van der Waals surface area contributed by atoms with Crippen molar-refractivity contribution in [3.63, 3.8) is 0 Å². The topological polar surface area (TPSA) is 69.6 Å². The minimum atomic E-state index is -3.77. The molecule has 0 spiro atoms. The van der Waals surface area contributed by atoms with Gasteiger partial charge in [0.2, 0.25) is 16.6 Å². The summed E-state index contributed by atoms with van der Waals surface area (Å²) in [5, 5.41) is 3.00. The Bertz CT molecular complexity index is 690. The van der Waals surface area contributed by atoms with Crippen molar-refractivity contribution in [1.29, 1.82) is 0 Å². The summed E-state index contributed by atoms with van der Waals surface area (Å²) >= 11 is 5.22. The van der Waals surface area contributed by atoms with Gasteiger partial charge >= 0.3 is 0 Å². The van der Waals surface area contributed by atoms with Crippen molar-refractivity contribution in [2.45, 2.75) is 49.6 Å². The molecule has 0 bridgehead atoms. The predicted octanol–water partition coefficient (Wildman–Crippen LogP) is 2.12. The number of benzene rings is 1. The summed E-state index contributed by atoms with van der Waals surface area (Å²) in [6.07, 6.45) is 3.63. The molecule has 21 heavy (non-hydrogen) atoms. The van der Waals surface area contributed by atoms with Gasteiger partial charge < -0.3 is 4.89 Å². The zero-order valence-electron chi connectivity index (χ0n) is 11.8. The first-order chi connectivity index (χ1) is 9.82. The second-order valence-electron chi connectivity index (χ2n) is 5.72. The van der Waals surface area contributed by atoms with Gasteiger partial charge in [0.25, 0.3) is 0 Å². The lowest BCUT2D eigenvalue weighted by Crippen LogP contribution is -2.40. The molecule has 0 amide bonds. The summed E-state index contributed by atoms with van der Waals surface area (Å²) in [4.78, 5) is 10.7.